The molecule has 0 unspecified atom stereocenters. The van der Waals surface area contributed by atoms with E-state index in [2.05, 4.69) is 25.5 Å². The van der Waals surface area contributed by atoms with Crippen molar-refractivity contribution < 1.29 is 18.7 Å². The number of hydrogen-bond acceptors (Lipinski definition) is 7. The maximum Gasteiger partial charge on any atom is 0.248 e. The van der Waals surface area contributed by atoms with E-state index in [4.69, 9.17) is 21.1 Å². The molecule has 2 heterocycles. The molecule has 1 atom stereocenters. The van der Waals surface area contributed by atoms with E-state index in [-0.39, 0.29) is 17.0 Å². The van der Waals surface area contributed by atoms with Gasteiger partial charge in [0.05, 0.1) is 22.3 Å². The second-order valence-electron chi connectivity index (χ2n) is 8.53. The summed E-state index contributed by atoms with van der Waals surface area (Å²) in [6.07, 6.45) is 6.68. The average Bonchev–Trinajstić information content (AvgIpc) is 3.39. The lowest BCUT2D eigenvalue weighted by molar-refractivity contribution is -0.111. The number of halogens is 2. The van der Waals surface area contributed by atoms with Crippen LogP contribution in [0.25, 0.3) is 10.9 Å². The van der Waals surface area contributed by atoms with E-state index in [1.165, 1.54) is 24.5 Å². The van der Waals surface area contributed by atoms with Gasteiger partial charge in [0, 0.05) is 36.4 Å². The standard InChI is InChI=1S/C26H29ClFN5O3/c1-3-33(2)10-4-7-25(34)32-23-13-19-22(14-24(23)36-15-18-6-5-11-35-18)29-16-30-26(19)31-17-8-9-21(28)20(27)12-17/h4,7-9,12-14,16,18H,3,5-6,10-11,15H2,1-2H3,(H,32,34)(H,29,30,31)/b7-4+/t18-/m0/s1. The third-order valence-corrected chi connectivity index (χ3v) is 6.14. The highest BCUT2D eigenvalue weighted by molar-refractivity contribution is 6.31. The number of ether oxygens (including phenoxy) is 2. The zero-order valence-corrected chi connectivity index (χ0v) is 21.0. The Hall–Kier alpha value is -3.27. The van der Waals surface area contributed by atoms with Crippen LogP contribution in [-0.2, 0) is 9.53 Å². The lowest BCUT2D eigenvalue weighted by Gasteiger charge is -2.17. The minimum atomic E-state index is -0.508. The molecule has 0 bridgehead atoms. The van der Waals surface area contributed by atoms with Gasteiger partial charge in [-0.15, -0.1) is 0 Å². The Morgan fingerprint density at radius 1 is 1.33 bits per heavy atom. The molecule has 1 aliphatic rings. The fourth-order valence-corrected chi connectivity index (χ4v) is 3.89. The van der Waals surface area contributed by atoms with Crippen LogP contribution in [0.2, 0.25) is 5.02 Å². The zero-order valence-electron chi connectivity index (χ0n) is 20.3. The summed E-state index contributed by atoms with van der Waals surface area (Å²) in [7, 11) is 1.98. The Morgan fingerprint density at radius 3 is 2.94 bits per heavy atom. The summed E-state index contributed by atoms with van der Waals surface area (Å²) in [6, 6.07) is 7.84. The van der Waals surface area contributed by atoms with E-state index in [9.17, 15) is 9.18 Å². The van der Waals surface area contributed by atoms with Crippen LogP contribution >= 0.6 is 11.6 Å². The number of carbonyl (C=O) groups is 1. The third-order valence-electron chi connectivity index (χ3n) is 5.85. The topological polar surface area (TPSA) is 88.6 Å². The normalized spacial score (nSPS) is 15.6. The van der Waals surface area contributed by atoms with E-state index in [0.29, 0.717) is 47.0 Å². The molecule has 8 nitrogen and oxygen atoms in total. The van der Waals surface area contributed by atoms with Crippen molar-refractivity contribution in [1.82, 2.24) is 14.9 Å². The summed E-state index contributed by atoms with van der Waals surface area (Å²) >= 11 is 5.93. The quantitative estimate of drug-likeness (QED) is 0.361. The molecular formula is C26H29ClFN5O3. The zero-order chi connectivity index (χ0) is 25.5. The first-order chi connectivity index (χ1) is 17.4. The number of nitrogens with one attached hydrogen (secondary N) is 2. The number of hydrogen-bond donors (Lipinski definition) is 2. The first-order valence-electron chi connectivity index (χ1n) is 11.8. The van der Waals surface area contributed by atoms with Gasteiger partial charge in [-0.25, -0.2) is 14.4 Å². The predicted molar refractivity (Wildman–Crippen MR) is 140 cm³/mol. The van der Waals surface area contributed by atoms with Gasteiger partial charge in [0.25, 0.3) is 0 Å². The molecule has 1 aliphatic heterocycles. The second-order valence-corrected chi connectivity index (χ2v) is 8.94. The van der Waals surface area contributed by atoms with E-state index < -0.39 is 5.82 Å². The minimum Gasteiger partial charge on any atom is -0.489 e. The molecule has 3 aromatic rings. The number of anilines is 3. The van der Waals surface area contributed by atoms with Crippen molar-refractivity contribution in [2.24, 2.45) is 0 Å². The summed E-state index contributed by atoms with van der Waals surface area (Å²) in [4.78, 5) is 23.5. The highest BCUT2D eigenvalue weighted by Gasteiger charge is 2.19. The number of nitrogens with zero attached hydrogens (tertiary/aromatic N) is 3. The molecular weight excluding hydrogens is 485 g/mol. The molecule has 190 valence electrons. The van der Waals surface area contributed by atoms with Crippen LogP contribution in [0.15, 0.2) is 48.8 Å². The van der Waals surface area contributed by atoms with Crippen LogP contribution in [0, 0.1) is 5.82 Å². The van der Waals surface area contributed by atoms with Gasteiger partial charge in [-0.1, -0.05) is 24.6 Å². The van der Waals surface area contributed by atoms with Gasteiger partial charge >= 0.3 is 0 Å². The van der Waals surface area contributed by atoms with Gasteiger partial charge < -0.3 is 25.0 Å². The van der Waals surface area contributed by atoms with Crippen molar-refractivity contribution in [3.8, 4) is 5.75 Å². The number of likely N-dealkylation sites (N-methyl/N-ethyl adjacent to an activating group) is 1. The molecule has 1 saturated heterocycles. The molecule has 1 aromatic heterocycles. The van der Waals surface area contributed by atoms with Crippen molar-refractivity contribution in [3.05, 3.63) is 59.7 Å². The van der Waals surface area contributed by atoms with Crippen molar-refractivity contribution in [2.75, 3.05) is 44.0 Å². The first-order valence-corrected chi connectivity index (χ1v) is 12.2. The van der Waals surface area contributed by atoms with Crippen LogP contribution in [-0.4, -0.2) is 60.2 Å². The summed E-state index contributed by atoms with van der Waals surface area (Å²) < 4.78 is 25.3. The van der Waals surface area contributed by atoms with Crippen LogP contribution in [0.4, 0.5) is 21.6 Å². The largest absolute Gasteiger partial charge is 0.489 e. The Labute approximate surface area is 214 Å². The number of fused-ring (bicyclic) bond motifs is 1. The molecule has 1 amide bonds. The first kappa shape index (κ1) is 25.8. The van der Waals surface area contributed by atoms with Gasteiger partial charge in [0.2, 0.25) is 5.91 Å². The van der Waals surface area contributed by atoms with Crippen LogP contribution < -0.4 is 15.4 Å². The summed E-state index contributed by atoms with van der Waals surface area (Å²) in [5.74, 6) is 0.173. The number of rotatable bonds is 10. The number of benzene rings is 2. The lowest BCUT2D eigenvalue weighted by atomic mass is 10.1. The van der Waals surface area contributed by atoms with Crippen molar-refractivity contribution in [2.45, 2.75) is 25.9 Å². The monoisotopic (exact) mass is 513 g/mol. The maximum absolute atomic E-state index is 13.6. The van der Waals surface area contributed by atoms with Crippen molar-refractivity contribution in [1.29, 1.82) is 0 Å². The summed E-state index contributed by atoms with van der Waals surface area (Å²) in [6.45, 7) is 4.69. The van der Waals surface area contributed by atoms with E-state index in [1.54, 1.807) is 24.3 Å². The molecule has 36 heavy (non-hydrogen) atoms. The fourth-order valence-electron chi connectivity index (χ4n) is 3.71. The van der Waals surface area contributed by atoms with Gasteiger partial charge in [0.1, 0.15) is 30.3 Å². The fraction of sp³-hybridized carbons (Fsp3) is 0.346. The summed E-state index contributed by atoms with van der Waals surface area (Å²) in [5.41, 5.74) is 1.66. The second kappa shape index (κ2) is 12.1. The van der Waals surface area contributed by atoms with E-state index in [1.807, 2.05) is 14.0 Å². The van der Waals surface area contributed by atoms with Gasteiger partial charge in [0.15, 0.2) is 0 Å². The summed E-state index contributed by atoms with van der Waals surface area (Å²) in [5, 5.41) is 6.71. The van der Waals surface area contributed by atoms with Gasteiger partial charge in [-0.3, -0.25) is 4.79 Å². The highest BCUT2D eigenvalue weighted by atomic mass is 35.5. The minimum absolute atomic E-state index is 0.00311. The Balaban J connectivity index is 1.63. The third kappa shape index (κ3) is 6.69. The SMILES string of the molecule is CCN(C)C/C=C/C(=O)Nc1cc2c(Nc3ccc(F)c(Cl)c3)ncnc2cc1OC[C@@H]1CCCO1. The Bertz CT molecular complexity index is 1250. The molecule has 2 N–H and O–H groups in total. The number of aromatic nitrogens is 2. The molecule has 0 spiro atoms. The van der Waals surface area contributed by atoms with Crippen LogP contribution in [0.1, 0.15) is 19.8 Å². The van der Waals surface area contributed by atoms with Gasteiger partial charge in [-0.2, -0.15) is 0 Å². The molecule has 0 saturated carbocycles. The lowest BCUT2D eigenvalue weighted by Crippen LogP contribution is -2.18. The number of amides is 1. The predicted octanol–water partition coefficient (Wildman–Crippen LogP) is 5.17. The molecule has 2 aromatic carbocycles. The molecule has 0 aliphatic carbocycles. The highest BCUT2D eigenvalue weighted by Crippen LogP contribution is 2.34. The average molecular weight is 514 g/mol. The molecule has 0 radical (unpaired) electrons. The molecule has 10 heteroatoms. The van der Waals surface area contributed by atoms with E-state index >= 15 is 0 Å². The van der Waals surface area contributed by atoms with E-state index in [0.717, 1.165) is 26.0 Å². The van der Waals surface area contributed by atoms with Gasteiger partial charge in [-0.05, 0) is 50.7 Å². The molecule has 4 rings (SSSR count). The Kier molecular flexibility index (Phi) is 8.69. The van der Waals surface area contributed by atoms with Crippen LogP contribution in [0.3, 0.4) is 0 Å². The van der Waals surface area contributed by atoms with Crippen LogP contribution in [0.5, 0.6) is 5.75 Å². The van der Waals surface area contributed by atoms with Crippen molar-refractivity contribution in [3.63, 3.8) is 0 Å². The Morgan fingerprint density at radius 2 is 2.19 bits per heavy atom. The number of carbonyl (C=O) groups excluding carboxylic acids is 1. The van der Waals surface area contributed by atoms with Crippen molar-refractivity contribution >= 4 is 45.6 Å². The maximum atomic E-state index is 13.6. The molecule has 1 fully saturated rings. The smallest absolute Gasteiger partial charge is 0.248 e.